The van der Waals surface area contributed by atoms with Gasteiger partial charge in [-0.25, -0.2) is 4.98 Å². The van der Waals surface area contributed by atoms with Crippen LogP contribution in [0.15, 0.2) is 40.8 Å². The van der Waals surface area contributed by atoms with Crippen LogP contribution in [0.25, 0.3) is 11.3 Å². The highest BCUT2D eigenvalue weighted by Gasteiger charge is 2.32. The molecule has 1 aliphatic rings. The van der Waals surface area contributed by atoms with Gasteiger partial charge in [-0.3, -0.25) is 9.89 Å². The maximum absolute atomic E-state index is 12.7. The maximum Gasteiger partial charge on any atom is 0.223 e. The summed E-state index contributed by atoms with van der Waals surface area (Å²) < 4.78 is 5.94. The van der Waals surface area contributed by atoms with Gasteiger partial charge in [-0.1, -0.05) is 29.8 Å². The van der Waals surface area contributed by atoms with Gasteiger partial charge in [-0.05, 0) is 38.8 Å². The Balaban J connectivity index is 1.38. The Morgan fingerprint density at radius 2 is 2.04 bits per heavy atom. The Morgan fingerprint density at radius 3 is 2.78 bits per heavy atom. The van der Waals surface area contributed by atoms with Crippen molar-refractivity contribution in [2.75, 3.05) is 6.54 Å². The molecule has 0 bridgehead atoms. The second-order valence-corrected chi connectivity index (χ2v) is 7.16. The van der Waals surface area contributed by atoms with Crippen LogP contribution in [-0.4, -0.2) is 32.5 Å². The van der Waals surface area contributed by atoms with Crippen molar-refractivity contribution >= 4 is 5.91 Å². The Kier molecular flexibility index (Phi) is 4.79. The molecule has 140 valence electrons. The molecule has 27 heavy (non-hydrogen) atoms. The minimum absolute atomic E-state index is 0.0119. The summed E-state index contributed by atoms with van der Waals surface area (Å²) in [5.41, 5.74) is 2.27. The van der Waals surface area contributed by atoms with Gasteiger partial charge in [0.15, 0.2) is 5.82 Å². The van der Waals surface area contributed by atoms with Gasteiger partial charge < -0.3 is 9.32 Å². The number of nitrogens with zero attached hydrogens (tertiary/aromatic N) is 3. The van der Waals surface area contributed by atoms with E-state index in [9.17, 15) is 4.79 Å². The molecule has 0 saturated carbocycles. The second-order valence-electron chi connectivity index (χ2n) is 7.16. The monoisotopic (exact) mass is 364 g/mol. The number of furan rings is 1. The van der Waals surface area contributed by atoms with Crippen molar-refractivity contribution in [1.82, 2.24) is 20.1 Å². The highest BCUT2D eigenvalue weighted by Crippen LogP contribution is 2.31. The lowest BCUT2D eigenvalue weighted by Gasteiger charge is -2.22. The largest absolute Gasteiger partial charge is 0.461 e. The number of benzene rings is 1. The van der Waals surface area contributed by atoms with Crippen molar-refractivity contribution in [2.24, 2.45) is 0 Å². The quantitative estimate of drug-likeness (QED) is 0.743. The molecular weight excluding hydrogens is 340 g/mol. The molecule has 4 rings (SSSR count). The van der Waals surface area contributed by atoms with Crippen molar-refractivity contribution < 1.29 is 9.21 Å². The number of likely N-dealkylation sites (tertiary alicyclic amines) is 1. The number of rotatable bonds is 5. The molecule has 1 fully saturated rings. The fraction of sp³-hybridized carbons (Fsp3) is 0.381. The van der Waals surface area contributed by atoms with E-state index in [0.29, 0.717) is 12.8 Å². The van der Waals surface area contributed by atoms with Crippen LogP contribution in [0.3, 0.4) is 0 Å². The standard InChI is InChI=1S/C21H24N4O2/c1-14-5-7-16(8-6-14)19-11-9-17(27-19)10-12-20(26)25-13-3-4-18(25)21-22-15(2)23-24-21/h5-9,11,18H,3-4,10,12-13H2,1-2H3,(H,22,23,24)/t18-/m1/s1. The molecule has 0 aliphatic carbocycles. The van der Waals surface area contributed by atoms with Gasteiger partial charge in [0.25, 0.3) is 0 Å². The zero-order chi connectivity index (χ0) is 18.8. The number of amides is 1. The molecule has 6 nitrogen and oxygen atoms in total. The Morgan fingerprint density at radius 1 is 1.22 bits per heavy atom. The van der Waals surface area contributed by atoms with Gasteiger partial charge in [0.1, 0.15) is 17.3 Å². The van der Waals surface area contributed by atoms with E-state index in [4.69, 9.17) is 4.42 Å². The third kappa shape index (κ3) is 3.79. The molecule has 1 amide bonds. The summed E-state index contributed by atoms with van der Waals surface area (Å²) in [7, 11) is 0. The van der Waals surface area contributed by atoms with E-state index in [0.717, 1.165) is 48.1 Å². The first-order valence-corrected chi connectivity index (χ1v) is 9.44. The number of carbonyl (C=O) groups is 1. The summed E-state index contributed by atoms with van der Waals surface area (Å²) in [6.45, 7) is 4.71. The molecule has 1 atom stereocenters. The van der Waals surface area contributed by atoms with E-state index >= 15 is 0 Å². The molecule has 3 heterocycles. The van der Waals surface area contributed by atoms with Crippen LogP contribution in [0.5, 0.6) is 0 Å². The smallest absolute Gasteiger partial charge is 0.223 e. The first-order chi connectivity index (χ1) is 13.1. The molecule has 3 aromatic rings. The highest BCUT2D eigenvalue weighted by atomic mass is 16.3. The summed E-state index contributed by atoms with van der Waals surface area (Å²) in [6, 6.07) is 12.2. The van der Waals surface area contributed by atoms with Crippen LogP contribution >= 0.6 is 0 Å². The van der Waals surface area contributed by atoms with E-state index < -0.39 is 0 Å². The number of H-pyrrole nitrogens is 1. The maximum atomic E-state index is 12.7. The molecule has 0 spiro atoms. The predicted octanol–water partition coefficient (Wildman–Crippen LogP) is 3.98. The lowest BCUT2D eigenvalue weighted by atomic mass is 10.1. The van der Waals surface area contributed by atoms with Gasteiger partial charge in [-0.2, -0.15) is 5.10 Å². The molecule has 1 N–H and O–H groups in total. The normalized spacial score (nSPS) is 16.8. The summed E-state index contributed by atoms with van der Waals surface area (Å²) >= 11 is 0. The number of aromatic amines is 1. The minimum Gasteiger partial charge on any atom is -0.461 e. The molecule has 0 unspecified atom stereocenters. The third-order valence-corrected chi connectivity index (χ3v) is 5.07. The van der Waals surface area contributed by atoms with Crippen LogP contribution < -0.4 is 0 Å². The Labute approximate surface area is 158 Å². The fourth-order valence-corrected chi connectivity index (χ4v) is 3.60. The van der Waals surface area contributed by atoms with E-state index in [-0.39, 0.29) is 11.9 Å². The van der Waals surface area contributed by atoms with Crippen LogP contribution in [0.4, 0.5) is 0 Å². The number of aryl methyl sites for hydroxylation is 3. The van der Waals surface area contributed by atoms with E-state index in [2.05, 4.69) is 46.4 Å². The summed E-state index contributed by atoms with van der Waals surface area (Å²) in [5, 5.41) is 7.11. The predicted molar refractivity (Wildman–Crippen MR) is 102 cm³/mol. The summed E-state index contributed by atoms with van der Waals surface area (Å²) in [6.07, 6.45) is 2.94. The molecule has 1 aliphatic heterocycles. The van der Waals surface area contributed by atoms with Crippen molar-refractivity contribution in [3.05, 3.63) is 59.4 Å². The van der Waals surface area contributed by atoms with Gasteiger partial charge >= 0.3 is 0 Å². The minimum atomic E-state index is -0.0119. The molecule has 1 aromatic carbocycles. The van der Waals surface area contributed by atoms with Crippen molar-refractivity contribution in [3.63, 3.8) is 0 Å². The SMILES string of the molecule is Cc1ccc(-c2ccc(CCC(=O)N3CCC[C@@H]3c3n[nH]c(C)n3)o2)cc1. The number of hydrogen-bond acceptors (Lipinski definition) is 4. The zero-order valence-electron chi connectivity index (χ0n) is 15.7. The average molecular weight is 364 g/mol. The summed E-state index contributed by atoms with van der Waals surface area (Å²) in [5.74, 6) is 3.31. The number of carbonyl (C=O) groups excluding carboxylic acids is 1. The lowest BCUT2D eigenvalue weighted by Crippen LogP contribution is -2.31. The van der Waals surface area contributed by atoms with Crippen molar-refractivity contribution in [1.29, 1.82) is 0 Å². The molecule has 2 aromatic heterocycles. The number of nitrogens with one attached hydrogen (secondary N) is 1. The Hall–Kier alpha value is -2.89. The first kappa shape index (κ1) is 17.5. The third-order valence-electron chi connectivity index (χ3n) is 5.07. The second kappa shape index (κ2) is 7.39. The van der Waals surface area contributed by atoms with Gasteiger partial charge in [-0.15, -0.1) is 0 Å². The van der Waals surface area contributed by atoms with Crippen LogP contribution in [-0.2, 0) is 11.2 Å². The van der Waals surface area contributed by atoms with E-state index in [1.807, 2.05) is 24.0 Å². The molecule has 1 saturated heterocycles. The van der Waals surface area contributed by atoms with Crippen molar-refractivity contribution in [3.8, 4) is 11.3 Å². The lowest BCUT2D eigenvalue weighted by molar-refractivity contribution is -0.132. The number of aromatic nitrogens is 3. The molecular formula is C21H24N4O2. The van der Waals surface area contributed by atoms with Gasteiger partial charge in [0, 0.05) is 24.9 Å². The fourth-order valence-electron chi connectivity index (χ4n) is 3.60. The first-order valence-electron chi connectivity index (χ1n) is 9.44. The van der Waals surface area contributed by atoms with Crippen molar-refractivity contribution in [2.45, 2.75) is 45.6 Å². The van der Waals surface area contributed by atoms with Crippen LogP contribution in [0.2, 0.25) is 0 Å². The topological polar surface area (TPSA) is 75.0 Å². The average Bonchev–Trinajstić information content (AvgIpc) is 3.40. The van der Waals surface area contributed by atoms with Crippen LogP contribution in [0, 0.1) is 13.8 Å². The molecule has 6 heteroatoms. The zero-order valence-corrected chi connectivity index (χ0v) is 15.7. The van der Waals surface area contributed by atoms with E-state index in [1.165, 1.54) is 5.56 Å². The van der Waals surface area contributed by atoms with Gasteiger partial charge in [0.2, 0.25) is 5.91 Å². The Bertz CT molecular complexity index is 926. The van der Waals surface area contributed by atoms with Crippen LogP contribution in [0.1, 0.15) is 48.3 Å². The summed E-state index contributed by atoms with van der Waals surface area (Å²) in [4.78, 5) is 19.1. The van der Waals surface area contributed by atoms with E-state index in [1.54, 1.807) is 0 Å². The molecule has 0 radical (unpaired) electrons. The highest BCUT2D eigenvalue weighted by molar-refractivity contribution is 5.77. The number of hydrogen-bond donors (Lipinski definition) is 1. The van der Waals surface area contributed by atoms with Gasteiger partial charge in [0.05, 0.1) is 6.04 Å².